The van der Waals surface area contributed by atoms with Gasteiger partial charge in [0.15, 0.2) is 11.5 Å². The second kappa shape index (κ2) is 6.54. The number of methoxy groups -OCH3 is 2. The maximum Gasteiger partial charge on any atom is 0.267 e. The van der Waals surface area contributed by atoms with Crippen LogP contribution < -0.4 is 19.5 Å². The Morgan fingerprint density at radius 1 is 1.17 bits per heavy atom. The Balaban J connectivity index is 2.05. The Morgan fingerprint density at radius 2 is 1.96 bits per heavy atom. The standard InChI is InChI=1S/C15H13N3O4S2/c1-7-17-18-15(23-7)16-13(19)10-6-8-4-5-9(21-2)12(22-3)11(8)14(20)24-10/h4-6H,1-3H3,(H,16,18,19). The zero-order valence-corrected chi connectivity index (χ0v) is 14.7. The molecular weight excluding hydrogens is 350 g/mol. The lowest BCUT2D eigenvalue weighted by molar-refractivity contribution is 0.103. The zero-order chi connectivity index (χ0) is 17.3. The molecule has 0 atom stereocenters. The van der Waals surface area contributed by atoms with Gasteiger partial charge in [-0.2, -0.15) is 0 Å². The van der Waals surface area contributed by atoms with Crippen molar-refractivity contribution >= 4 is 44.5 Å². The number of anilines is 1. The second-order valence-corrected chi connectivity index (χ2v) is 6.94. The molecular formula is C15H13N3O4S2. The highest BCUT2D eigenvalue weighted by molar-refractivity contribution is 7.15. The van der Waals surface area contributed by atoms with E-state index in [1.165, 1.54) is 25.6 Å². The number of fused-ring (bicyclic) bond motifs is 1. The first-order valence-corrected chi connectivity index (χ1v) is 8.47. The van der Waals surface area contributed by atoms with Crippen LogP contribution >= 0.6 is 22.7 Å². The first-order valence-electron chi connectivity index (χ1n) is 6.83. The number of carbonyl (C=O) groups is 1. The van der Waals surface area contributed by atoms with Gasteiger partial charge in [0.2, 0.25) is 9.87 Å². The molecule has 3 aromatic rings. The highest BCUT2D eigenvalue weighted by Crippen LogP contribution is 2.34. The summed E-state index contributed by atoms with van der Waals surface area (Å²) in [4.78, 5) is 25.1. The molecule has 0 aliphatic carbocycles. The monoisotopic (exact) mass is 363 g/mol. The summed E-state index contributed by atoms with van der Waals surface area (Å²) in [6.07, 6.45) is 0. The zero-order valence-electron chi connectivity index (χ0n) is 13.1. The number of nitrogens with zero attached hydrogens (tertiary/aromatic N) is 2. The van der Waals surface area contributed by atoms with Gasteiger partial charge in [-0.05, 0) is 24.4 Å². The van der Waals surface area contributed by atoms with E-state index in [-0.39, 0.29) is 9.62 Å². The summed E-state index contributed by atoms with van der Waals surface area (Å²) in [5, 5.41) is 12.5. The molecule has 1 N–H and O–H groups in total. The quantitative estimate of drug-likeness (QED) is 0.766. The lowest BCUT2D eigenvalue weighted by Gasteiger charge is -2.10. The van der Waals surface area contributed by atoms with Crippen LogP contribution in [0, 0.1) is 6.92 Å². The average molecular weight is 363 g/mol. The summed E-state index contributed by atoms with van der Waals surface area (Å²) in [6.45, 7) is 1.79. The SMILES string of the molecule is COc1ccc2cc(C(=O)Nc3nnc(C)s3)sc(=O)c2c1OC. The third-order valence-electron chi connectivity index (χ3n) is 3.24. The molecule has 0 radical (unpaired) electrons. The number of hydrogen-bond acceptors (Lipinski definition) is 8. The Hall–Kier alpha value is -2.52. The molecule has 3 rings (SSSR count). The number of aromatic nitrogens is 2. The molecule has 24 heavy (non-hydrogen) atoms. The van der Waals surface area contributed by atoms with Gasteiger partial charge in [-0.25, -0.2) is 0 Å². The molecule has 9 heteroatoms. The van der Waals surface area contributed by atoms with E-state index in [0.717, 1.165) is 16.3 Å². The number of aryl methyl sites for hydroxylation is 1. The van der Waals surface area contributed by atoms with E-state index in [4.69, 9.17) is 9.47 Å². The first kappa shape index (κ1) is 16.3. The number of carbonyl (C=O) groups excluding carboxylic acids is 1. The van der Waals surface area contributed by atoms with Crippen molar-refractivity contribution in [1.82, 2.24) is 10.2 Å². The summed E-state index contributed by atoms with van der Waals surface area (Å²) in [5.41, 5.74) is 0. The van der Waals surface area contributed by atoms with Crippen LogP contribution in [0.15, 0.2) is 23.0 Å². The van der Waals surface area contributed by atoms with Crippen molar-refractivity contribution in [2.45, 2.75) is 6.92 Å². The molecule has 1 amide bonds. The van der Waals surface area contributed by atoms with Crippen molar-refractivity contribution in [1.29, 1.82) is 0 Å². The van der Waals surface area contributed by atoms with Crippen LogP contribution in [0.3, 0.4) is 0 Å². The Bertz CT molecular complexity index is 980. The maximum atomic E-state index is 12.5. The summed E-state index contributed by atoms with van der Waals surface area (Å²) in [5.74, 6) is 0.434. The van der Waals surface area contributed by atoms with Crippen LogP contribution in [0.5, 0.6) is 11.5 Å². The maximum absolute atomic E-state index is 12.5. The van der Waals surface area contributed by atoms with Gasteiger partial charge < -0.3 is 9.47 Å². The van der Waals surface area contributed by atoms with Crippen LogP contribution in [0.2, 0.25) is 0 Å². The molecule has 7 nitrogen and oxygen atoms in total. The molecule has 0 unspecified atom stereocenters. The van der Waals surface area contributed by atoms with Gasteiger partial charge in [0.25, 0.3) is 5.91 Å². The van der Waals surface area contributed by atoms with Gasteiger partial charge in [-0.1, -0.05) is 28.7 Å². The van der Waals surface area contributed by atoms with E-state index >= 15 is 0 Å². The summed E-state index contributed by atoms with van der Waals surface area (Å²) in [6, 6.07) is 5.06. The van der Waals surface area contributed by atoms with Crippen molar-refractivity contribution < 1.29 is 14.3 Å². The molecule has 124 valence electrons. The number of ether oxygens (including phenoxy) is 2. The minimum absolute atomic E-state index is 0.276. The minimum atomic E-state index is -0.398. The van der Waals surface area contributed by atoms with Gasteiger partial charge in [0, 0.05) is 0 Å². The molecule has 0 bridgehead atoms. The number of rotatable bonds is 4. The van der Waals surface area contributed by atoms with Crippen molar-refractivity contribution in [3.8, 4) is 11.5 Å². The molecule has 0 saturated carbocycles. The van der Waals surface area contributed by atoms with E-state index in [9.17, 15) is 9.59 Å². The van der Waals surface area contributed by atoms with Crippen LogP contribution in [0.4, 0.5) is 5.13 Å². The highest BCUT2D eigenvalue weighted by Gasteiger charge is 2.17. The smallest absolute Gasteiger partial charge is 0.267 e. The first-order chi connectivity index (χ1) is 11.5. The molecule has 0 saturated heterocycles. The van der Waals surface area contributed by atoms with Crippen molar-refractivity contribution in [2.75, 3.05) is 19.5 Å². The Labute approximate surface area is 144 Å². The van der Waals surface area contributed by atoms with E-state index in [1.807, 2.05) is 0 Å². The van der Waals surface area contributed by atoms with Crippen molar-refractivity contribution in [3.63, 3.8) is 0 Å². The second-order valence-electron chi connectivity index (χ2n) is 4.74. The molecule has 0 aliphatic rings. The van der Waals surface area contributed by atoms with Crippen LogP contribution in [-0.4, -0.2) is 30.3 Å². The molecule has 2 aromatic heterocycles. The van der Waals surface area contributed by atoms with E-state index in [0.29, 0.717) is 27.4 Å². The molecule has 2 heterocycles. The predicted molar refractivity (Wildman–Crippen MR) is 93.8 cm³/mol. The van der Waals surface area contributed by atoms with Crippen molar-refractivity contribution in [2.24, 2.45) is 0 Å². The molecule has 1 aromatic carbocycles. The van der Waals surface area contributed by atoms with E-state index < -0.39 is 5.91 Å². The summed E-state index contributed by atoms with van der Waals surface area (Å²) < 4.78 is 10.2. The highest BCUT2D eigenvalue weighted by atomic mass is 32.1. The number of nitrogens with one attached hydrogen (secondary N) is 1. The van der Waals surface area contributed by atoms with Crippen LogP contribution in [0.25, 0.3) is 10.8 Å². The van der Waals surface area contributed by atoms with Gasteiger partial charge in [-0.15, -0.1) is 10.2 Å². The Morgan fingerprint density at radius 3 is 2.58 bits per heavy atom. The largest absolute Gasteiger partial charge is 0.493 e. The molecule has 0 spiro atoms. The summed E-state index contributed by atoms with van der Waals surface area (Å²) in [7, 11) is 2.98. The predicted octanol–water partition coefficient (Wildman–Crippen LogP) is 2.69. The fourth-order valence-electron chi connectivity index (χ4n) is 2.21. The number of benzene rings is 1. The van der Waals surface area contributed by atoms with Crippen molar-refractivity contribution in [3.05, 3.63) is 37.6 Å². The van der Waals surface area contributed by atoms with E-state index in [2.05, 4.69) is 15.5 Å². The third kappa shape index (κ3) is 2.95. The lowest BCUT2D eigenvalue weighted by atomic mass is 10.1. The molecule has 0 aliphatic heterocycles. The normalized spacial score (nSPS) is 10.6. The minimum Gasteiger partial charge on any atom is -0.493 e. The summed E-state index contributed by atoms with van der Waals surface area (Å²) >= 11 is 2.11. The number of amides is 1. The van der Waals surface area contributed by atoms with Gasteiger partial charge in [-0.3, -0.25) is 14.9 Å². The fraction of sp³-hybridized carbons (Fsp3) is 0.200. The van der Waals surface area contributed by atoms with Gasteiger partial charge in [0.05, 0.1) is 24.5 Å². The average Bonchev–Trinajstić information content (AvgIpc) is 2.98. The fourth-order valence-corrected chi connectivity index (χ4v) is 3.64. The number of hydrogen-bond donors (Lipinski definition) is 1. The van der Waals surface area contributed by atoms with Crippen LogP contribution in [-0.2, 0) is 0 Å². The van der Waals surface area contributed by atoms with E-state index in [1.54, 1.807) is 25.1 Å². The van der Waals surface area contributed by atoms with Crippen LogP contribution in [0.1, 0.15) is 14.7 Å². The molecule has 0 fully saturated rings. The lowest BCUT2D eigenvalue weighted by Crippen LogP contribution is -2.13. The van der Waals surface area contributed by atoms with Gasteiger partial charge in [0.1, 0.15) is 5.01 Å². The Kier molecular flexibility index (Phi) is 4.45. The third-order valence-corrected chi connectivity index (χ3v) is 4.91. The van der Waals surface area contributed by atoms with Gasteiger partial charge >= 0.3 is 0 Å². The topological polar surface area (TPSA) is 90.4 Å².